The van der Waals surface area contributed by atoms with E-state index >= 15 is 0 Å². The number of thiol groups is 1. The van der Waals surface area contributed by atoms with E-state index in [1.807, 2.05) is 25.1 Å². The van der Waals surface area contributed by atoms with Crippen LogP contribution in [0.4, 0.5) is 5.69 Å². The lowest BCUT2D eigenvalue weighted by molar-refractivity contribution is 1.31. The van der Waals surface area contributed by atoms with Crippen molar-refractivity contribution in [1.82, 2.24) is 0 Å². The molecule has 0 fully saturated rings. The first-order chi connectivity index (χ1) is 6.24. The van der Waals surface area contributed by atoms with E-state index in [-0.39, 0.29) is 0 Å². The average molecular weight is 191 g/mol. The van der Waals surface area contributed by atoms with Crippen LogP contribution in [0.1, 0.15) is 17.5 Å². The highest BCUT2D eigenvalue weighted by atomic mass is 32.1. The zero-order chi connectivity index (χ0) is 9.68. The first-order valence-electron chi connectivity index (χ1n) is 4.20. The van der Waals surface area contributed by atoms with Crippen molar-refractivity contribution < 1.29 is 0 Å². The summed E-state index contributed by atoms with van der Waals surface area (Å²) in [6, 6.07) is 5.88. The molecule has 0 saturated carbocycles. The van der Waals surface area contributed by atoms with Crippen LogP contribution < -0.4 is 5.73 Å². The van der Waals surface area contributed by atoms with Gasteiger partial charge in [-0.3, -0.25) is 0 Å². The molecule has 1 nitrogen and oxygen atoms in total. The van der Waals surface area contributed by atoms with Crippen LogP contribution in [0.2, 0.25) is 0 Å². The first kappa shape index (κ1) is 10.0. The molecule has 2 heteroatoms. The third-order valence-electron chi connectivity index (χ3n) is 1.67. The third kappa shape index (κ3) is 3.04. The fourth-order valence-electron chi connectivity index (χ4n) is 0.992. The van der Waals surface area contributed by atoms with Crippen LogP contribution in [0.25, 0.3) is 0 Å². The largest absolute Gasteiger partial charge is 0.398 e. The Bertz CT molecular complexity index is 347. The molecule has 0 spiro atoms. The number of benzene rings is 1. The first-order valence-corrected chi connectivity index (χ1v) is 4.83. The molecular formula is C11H13NS. The summed E-state index contributed by atoms with van der Waals surface area (Å²) >= 11 is 4.08. The highest BCUT2D eigenvalue weighted by Crippen LogP contribution is 2.11. The molecule has 0 bridgehead atoms. The van der Waals surface area contributed by atoms with Crippen molar-refractivity contribution >= 4 is 18.3 Å². The molecule has 2 N–H and O–H groups in total. The summed E-state index contributed by atoms with van der Waals surface area (Å²) in [5.74, 6) is 6.83. The zero-order valence-corrected chi connectivity index (χ0v) is 8.57. The number of aryl methyl sites for hydroxylation is 1. The zero-order valence-electron chi connectivity index (χ0n) is 7.67. The lowest BCUT2D eigenvalue weighted by Gasteiger charge is -1.98. The monoisotopic (exact) mass is 191 g/mol. The van der Waals surface area contributed by atoms with Crippen molar-refractivity contribution in [2.75, 3.05) is 11.5 Å². The number of rotatable bonds is 1. The molecule has 1 aromatic rings. The lowest BCUT2D eigenvalue weighted by atomic mass is 10.1. The smallest absolute Gasteiger partial charge is 0.0477 e. The van der Waals surface area contributed by atoms with E-state index in [1.165, 1.54) is 5.56 Å². The van der Waals surface area contributed by atoms with Crippen molar-refractivity contribution in [2.45, 2.75) is 13.3 Å². The molecule has 1 aromatic carbocycles. The molecule has 0 amide bonds. The molecular weight excluding hydrogens is 178 g/mol. The maximum atomic E-state index is 5.75. The van der Waals surface area contributed by atoms with Gasteiger partial charge in [-0.05, 0) is 24.6 Å². The minimum absolute atomic E-state index is 0.747. The average Bonchev–Trinajstić information content (AvgIpc) is 2.11. The van der Waals surface area contributed by atoms with Crippen molar-refractivity contribution in [1.29, 1.82) is 0 Å². The number of anilines is 1. The number of hydrogen-bond donors (Lipinski definition) is 2. The molecule has 0 aliphatic heterocycles. The highest BCUT2D eigenvalue weighted by molar-refractivity contribution is 7.80. The Labute approximate surface area is 84.8 Å². The van der Waals surface area contributed by atoms with Gasteiger partial charge in [-0.2, -0.15) is 12.6 Å². The van der Waals surface area contributed by atoms with Gasteiger partial charge in [0.15, 0.2) is 0 Å². The highest BCUT2D eigenvalue weighted by Gasteiger charge is 1.93. The van der Waals surface area contributed by atoms with E-state index in [4.69, 9.17) is 5.73 Å². The normalized spacial score (nSPS) is 9.08. The molecule has 0 aromatic heterocycles. The van der Waals surface area contributed by atoms with Gasteiger partial charge in [0.1, 0.15) is 0 Å². The summed E-state index contributed by atoms with van der Waals surface area (Å²) in [7, 11) is 0. The van der Waals surface area contributed by atoms with Gasteiger partial charge in [-0.25, -0.2) is 0 Å². The molecule has 0 radical (unpaired) electrons. The Balaban J connectivity index is 2.89. The van der Waals surface area contributed by atoms with Crippen molar-refractivity contribution in [3.05, 3.63) is 29.3 Å². The molecule has 1 rings (SSSR count). The van der Waals surface area contributed by atoms with Gasteiger partial charge in [-0.15, -0.1) is 0 Å². The SMILES string of the molecule is Cc1ccc(N)c(C#CCCS)c1. The van der Waals surface area contributed by atoms with Crippen LogP contribution in [0.5, 0.6) is 0 Å². The molecule has 0 aliphatic rings. The summed E-state index contributed by atoms with van der Waals surface area (Å²) in [4.78, 5) is 0. The van der Waals surface area contributed by atoms with Gasteiger partial charge in [0.05, 0.1) is 0 Å². The quantitative estimate of drug-likeness (QED) is 0.397. The Hall–Kier alpha value is -1.07. The summed E-state index contributed by atoms with van der Waals surface area (Å²) in [6.45, 7) is 2.03. The second-order valence-electron chi connectivity index (χ2n) is 2.87. The lowest BCUT2D eigenvalue weighted by Crippen LogP contribution is -1.90. The van der Waals surface area contributed by atoms with Crippen LogP contribution in [-0.2, 0) is 0 Å². The third-order valence-corrected chi connectivity index (χ3v) is 1.89. The second-order valence-corrected chi connectivity index (χ2v) is 3.31. The minimum Gasteiger partial charge on any atom is -0.398 e. The molecule has 68 valence electrons. The summed E-state index contributed by atoms with van der Waals surface area (Å²) in [5.41, 5.74) is 8.60. The maximum absolute atomic E-state index is 5.75. The maximum Gasteiger partial charge on any atom is 0.0477 e. The second kappa shape index (κ2) is 4.84. The van der Waals surface area contributed by atoms with Crippen LogP contribution >= 0.6 is 12.6 Å². The predicted molar refractivity (Wildman–Crippen MR) is 60.9 cm³/mol. The van der Waals surface area contributed by atoms with Gasteiger partial charge in [-0.1, -0.05) is 17.9 Å². The van der Waals surface area contributed by atoms with Crippen LogP contribution in [-0.4, -0.2) is 5.75 Å². The Morgan fingerprint density at radius 2 is 2.23 bits per heavy atom. The molecule has 0 heterocycles. The fourth-order valence-corrected chi connectivity index (χ4v) is 1.10. The number of hydrogen-bond acceptors (Lipinski definition) is 2. The summed E-state index contributed by atoms with van der Waals surface area (Å²) < 4.78 is 0. The Morgan fingerprint density at radius 1 is 1.46 bits per heavy atom. The van der Waals surface area contributed by atoms with E-state index in [1.54, 1.807) is 0 Å². The Kier molecular flexibility index (Phi) is 3.72. The molecule has 0 saturated heterocycles. The number of nitrogen functional groups attached to an aromatic ring is 1. The van der Waals surface area contributed by atoms with Gasteiger partial charge < -0.3 is 5.73 Å². The summed E-state index contributed by atoms with van der Waals surface area (Å²) in [5, 5.41) is 0. The Morgan fingerprint density at radius 3 is 2.92 bits per heavy atom. The standard InChI is InChI=1S/C11H13NS/c1-9-5-6-11(12)10(8-9)4-2-3-7-13/h5-6,8,13H,3,7,12H2,1H3. The number of nitrogens with two attached hydrogens (primary N) is 1. The van der Waals surface area contributed by atoms with E-state index in [9.17, 15) is 0 Å². The predicted octanol–water partition coefficient (Wildman–Crippen LogP) is 2.25. The topological polar surface area (TPSA) is 26.0 Å². The van der Waals surface area contributed by atoms with Gasteiger partial charge in [0.2, 0.25) is 0 Å². The molecule has 0 unspecified atom stereocenters. The minimum atomic E-state index is 0.747. The van der Waals surface area contributed by atoms with E-state index in [2.05, 4.69) is 24.5 Å². The van der Waals surface area contributed by atoms with E-state index in [0.717, 1.165) is 23.4 Å². The van der Waals surface area contributed by atoms with E-state index < -0.39 is 0 Å². The summed E-state index contributed by atoms with van der Waals surface area (Å²) in [6.07, 6.45) is 0.802. The fraction of sp³-hybridized carbons (Fsp3) is 0.273. The van der Waals surface area contributed by atoms with Crippen molar-refractivity contribution in [3.63, 3.8) is 0 Å². The van der Waals surface area contributed by atoms with Crippen LogP contribution in [0, 0.1) is 18.8 Å². The molecule has 0 atom stereocenters. The van der Waals surface area contributed by atoms with Gasteiger partial charge >= 0.3 is 0 Å². The van der Waals surface area contributed by atoms with Crippen molar-refractivity contribution in [2.24, 2.45) is 0 Å². The van der Waals surface area contributed by atoms with Gasteiger partial charge in [0, 0.05) is 23.4 Å². The van der Waals surface area contributed by atoms with Crippen LogP contribution in [0.3, 0.4) is 0 Å². The molecule has 0 aliphatic carbocycles. The van der Waals surface area contributed by atoms with Gasteiger partial charge in [0.25, 0.3) is 0 Å². The van der Waals surface area contributed by atoms with Crippen LogP contribution in [0.15, 0.2) is 18.2 Å². The van der Waals surface area contributed by atoms with E-state index in [0.29, 0.717) is 0 Å². The molecule has 13 heavy (non-hydrogen) atoms. The van der Waals surface area contributed by atoms with Crippen molar-refractivity contribution in [3.8, 4) is 11.8 Å².